The van der Waals surface area contributed by atoms with Gasteiger partial charge in [-0.25, -0.2) is 4.98 Å². The quantitative estimate of drug-likeness (QED) is 0.870. The second-order valence-corrected chi connectivity index (χ2v) is 4.97. The van der Waals surface area contributed by atoms with Crippen molar-refractivity contribution in [3.05, 3.63) is 12.4 Å². The molecule has 0 aliphatic carbocycles. The van der Waals surface area contributed by atoms with Crippen molar-refractivity contribution in [2.24, 2.45) is 0 Å². The highest BCUT2D eigenvalue weighted by Gasteiger charge is 2.11. The van der Waals surface area contributed by atoms with Crippen LogP contribution in [0.1, 0.15) is 13.3 Å². The van der Waals surface area contributed by atoms with Crippen molar-refractivity contribution < 1.29 is 0 Å². The molecule has 1 aromatic heterocycles. The molecule has 1 aromatic rings. The predicted octanol–water partition coefficient (Wildman–Crippen LogP) is 1.85. The lowest BCUT2D eigenvalue weighted by atomic mass is 10.4. The first-order valence-corrected chi connectivity index (χ1v) is 6.94. The highest BCUT2D eigenvalue weighted by Crippen LogP contribution is 2.17. The molecule has 0 radical (unpaired) electrons. The van der Waals surface area contributed by atoms with E-state index in [9.17, 15) is 0 Å². The molecule has 0 atom stereocenters. The Labute approximate surface area is 101 Å². The van der Waals surface area contributed by atoms with Gasteiger partial charge in [0.25, 0.3) is 0 Å². The number of thioether (sulfide) groups is 1. The molecular formula is C11H18N4S. The standard InChI is InChI=1S/C11H18N4S/c1-2-13-10-8-12-9-11(14-10)15-4-3-6-16-7-5-15/h8-9H,2-7H2,1H3,(H,13,14). The van der Waals surface area contributed by atoms with Gasteiger partial charge >= 0.3 is 0 Å². The topological polar surface area (TPSA) is 41.1 Å². The van der Waals surface area contributed by atoms with Crippen LogP contribution < -0.4 is 10.2 Å². The van der Waals surface area contributed by atoms with Crippen molar-refractivity contribution >= 4 is 23.4 Å². The molecule has 1 N–H and O–H groups in total. The van der Waals surface area contributed by atoms with Gasteiger partial charge in [-0.3, -0.25) is 4.98 Å². The Morgan fingerprint density at radius 1 is 1.38 bits per heavy atom. The summed E-state index contributed by atoms with van der Waals surface area (Å²) in [6, 6.07) is 0. The summed E-state index contributed by atoms with van der Waals surface area (Å²) in [5.74, 6) is 4.32. The molecule has 0 unspecified atom stereocenters. The zero-order valence-electron chi connectivity index (χ0n) is 9.65. The lowest BCUT2D eigenvalue weighted by molar-refractivity contribution is 0.798. The molecule has 1 saturated heterocycles. The van der Waals surface area contributed by atoms with E-state index in [4.69, 9.17) is 0 Å². The Hall–Kier alpha value is -0.970. The molecule has 0 spiro atoms. The van der Waals surface area contributed by atoms with E-state index >= 15 is 0 Å². The first-order valence-electron chi connectivity index (χ1n) is 5.79. The van der Waals surface area contributed by atoms with Gasteiger partial charge in [0.15, 0.2) is 0 Å². The number of rotatable bonds is 3. The number of hydrogen-bond donors (Lipinski definition) is 1. The third kappa shape index (κ3) is 3.01. The van der Waals surface area contributed by atoms with Crippen LogP contribution in [0.15, 0.2) is 12.4 Å². The Morgan fingerprint density at radius 3 is 3.19 bits per heavy atom. The van der Waals surface area contributed by atoms with E-state index in [0.717, 1.165) is 31.3 Å². The molecule has 0 saturated carbocycles. The number of hydrogen-bond acceptors (Lipinski definition) is 5. The van der Waals surface area contributed by atoms with Crippen LogP contribution in [0.4, 0.5) is 11.6 Å². The van der Waals surface area contributed by atoms with Gasteiger partial charge in [-0.1, -0.05) is 0 Å². The Morgan fingerprint density at radius 2 is 2.31 bits per heavy atom. The van der Waals surface area contributed by atoms with E-state index in [2.05, 4.69) is 27.1 Å². The van der Waals surface area contributed by atoms with Crippen molar-refractivity contribution in [3.8, 4) is 0 Å². The van der Waals surface area contributed by atoms with Gasteiger partial charge in [0.1, 0.15) is 11.6 Å². The fourth-order valence-corrected chi connectivity index (χ4v) is 2.64. The highest BCUT2D eigenvalue weighted by atomic mass is 32.2. The second kappa shape index (κ2) is 5.94. The number of nitrogens with one attached hydrogen (secondary N) is 1. The smallest absolute Gasteiger partial charge is 0.149 e. The summed E-state index contributed by atoms with van der Waals surface area (Å²) in [4.78, 5) is 11.1. The molecule has 2 heterocycles. The fourth-order valence-electron chi connectivity index (χ4n) is 1.75. The van der Waals surface area contributed by atoms with E-state index in [0.29, 0.717) is 0 Å². The van der Waals surface area contributed by atoms with Crippen LogP contribution in [0.2, 0.25) is 0 Å². The van der Waals surface area contributed by atoms with Crippen LogP contribution in [0.25, 0.3) is 0 Å². The minimum Gasteiger partial charge on any atom is -0.369 e. The number of anilines is 2. The predicted molar refractivity (Wildman–Crippen MR) is 70.4 cm³/mol. The number of nitrogens with zero attached hydrogens (tertiary/aromatic N) is 3. The summed E-state index contributed by atoms with van der Waals surface area (Å²) in [5, 5.41) is 3.20. The first kappa shape index (κ1) is 11.5. The largest absolute Gasteiger partial charge is 0.369 e. The molecule has 1 aliphatic heterocycles. The minimum atomic E-state index is 0.872. The molecule has 4 nitrogen and oxygen atoms in total. The van der Waals surface area contributed by atoms with Gasteiger partial charge in [-0.2, -0.15) is 11.8 Å². The summed E-state index contributed by atoms with van der Waals surface area (Å²) in [5.41, 5.74) is 0. The van der Waals surface area contributed by atoms with Gasteiger partial charge in [-0.05, 0) is 19.1 Å². The molecule has 0 aromatic carbocycles. The molecular weight excluding hydrogens is 220 g/mol. The van der Waals surface area contributed by atoms with Gasteiger partial charge in [-0.15, -0.1) is 0 Å². The molecule has 0 bridgehead atoms. The first-order chi connectivity index (χ1) is 7.90. The Bertz CT molecular complexity index is 324. The highest BCUT2D eigenvalue weighted by molar-refractivity contribution is 7.99. The van der Waals surface area contributed by atoms with E-state index in [1.165, 1.54) is 17.9 Å². The maximum absolute atomic E-state index is 4.57. The van der Waals surface area contributed by atoms with Crippen molar-refractivity contribution in [1.29, 1.82) is 0 Å². The van der Waals surface area contributed by atoms with Gasteiger partial charge in [0, 0.05) is 25.4 Å². The summed E-state index contributed by atoms with van der Waals surface area (Å²) in [6.45, 7) is 5.12. The SMILES string of the molecule is CCNc1cncc(N2CCCSCC2)n1. The van der Waals surface area contributed by atoms with Gasteiger partial charge in [0.05, 0.1) is 12.4 Å². The summed E-state index contributed by atoms with van der Waals surface area (Å²) < 4.78 is 0. The van der Waals surface area contributed by atoms with Crippen LogP contribution in [0.5, 0.6) is 0 Å². The summed E-state index contributed by atoms with van der Waals surface area (Å²) in [6.07, 6.45) is 4.87. The van der Waals surface area contributed by atoms with Crippen molar-refractivity contribution in [3.63, 3.8) is 0 Å². The molecule has 88 valence electrons. The number of aromatic nitrogens is 2. The van der Waals surface area contributed by atoms with Gasteiger partial charge < -0.3 is 10.2 Å². The lowest BCUT2D eigenvalue weighted by Gasteiger charge is -2.20. The third-order valence-corrected chi connectivity index (χ3v) is 3.57. The van der Waals surface area contributed by atoms with E-state index < -0.39 is 0 Å². The molecule has 5 heteroatoms. The van der Waals surface area contributed by atoms with Crippen LogP contribution in [0, 0.1) is 0 Å². The van der Waals surface area contributed by atoms with E-state index in [1.54, 1.807) is 6.20 Å². The van der Waals surface area contributed by atoms with Crippen molar-refractivity contribution in [2.75, 3.05) is 41.4 Å². The zero-order valence-corrected chi connectivity index (χ0v) is 10.5. The van der Waals surface area contributed by atoms with Crippen molar-refractivity contribution in [2.45, 2.75) is 13.3 Å². The van der Waals surface area contributed by atoms with Crippen LogP contribution in [0.3, 0.4) is 0 Å². The third-order valence-electron chi connectivity index (χ3n) is 2.53. The maximum atomic E-state index is 4.57. The Kier molecular flexibility index (Phi) is 4.27. The zero-order chi connectivity index (χ0) is 11.2. The van der Waals surface area contributed by atoms with Gasteiger partial charge in [0.2, 0.25) is 0 Å². The average Bonchev–Trinajstić information content (AvgIpc) is 2.58. The second-order valence-electron chi connectivity index (χ2n) is 3.75. The van der Waals surface area contributed by atoms with Crippen LogP contribution >= 0.6 is 11.8 Å². The molecule has 1 aliphatic rings. The van der Waals surface area contributed by atoms with E-state index in [-0.39, 0.29) is 0 Å². The van der Waals surface area contributed by atoms with Crippen LogP contribution in [-0.4, -0.2) is 41.1 Å². The molecule has 16 heavy (non-hydrogen) atoms. The average molecular weight is 238 g/mol. The maximum Gasteiger partial charge on any atom is 0.149 e. The van der Waals surface area contributed by atoms with E-state index in [1.807, 2.05) is 18.0 Å². The van der Waals surface area contributed by atoms with Crippen LogP contribution in [-0.2, 0) is 0 Å². The lowest BCUT2D eigenvalue weighted by Crippen LogP contribution is -2.26. The molecule has 0 amide bonds. The molecule has 2 rings (SSSR count). The van der Waals surface area contributed by atoms with Crippen molar-refractivity contribution in [1.82, 2.24) is 9.97 Å². The summed E-state index contributed by atoms with van der Waals surface area (Å²) >= 11 is 2.02. The Balaban J connectivity index is 2.08. The molecule has 1 fully saturated rings. The normalized spacial score (nSPS) is 16.9. The fraction of sp³-hybridized carbons (Fsp3) is 0.636. The minimum absolute atomic E-state index is 0.872. The monoisotopic (exact) mass is 238 g/mol. The summed E-state index contributed by atoms with van der Waals surface area (Å²) in [7, 11) is 0.